The van der Waals surface area contributed by atoms with Gasteiger partial charge in [0.1, 0.15) is 6.17 Å². The van der Waals surface area contributed by atoms with Crippen molar-refractivity contribution in [3.05, 3.63) is 34.9 Å². The highest BCUT2D eigenvalue weighted by molar-refractivity contribution is 6.30. The quantitative estimate of drug-likeness (QED) is 0.908. The number of halogens is 1. The maximum absolute atomic E-state index is 12.4. The summed E-state index contributed by atoms with van der Waals surface area (Å²) in [5.74, 6) is 0.124. The van der Waals surface area contributed by atoms with Crippen LogP contribution in [0, 0.1) is 0 Å². The van der Waals surface area contributed by atoms with E-state index in [-0.39, 0.29) is 24.2 Å². The first kappa shape index (κ1) is 15.3. The van der Waals surface area contributed by atoms with E-state index in [1.807, 2.05) is 43.0 Å². The molecule has 1 aliphatic rings. The largest absolute Gasteiger partial charge is 0.385 e. The molecule has 1 aliphatic heterocycles. The third kappa shape index (κ3) is 3.14. The van der Waals surface area contributed by atoms with E-state index in [9.17, 15) is 4.79 Å². The zero-order valence-corrected chi connectivity index (χ0v) is 12.9. The van der Waals surface area contributed by atoms with Crippen molar-refractivity contribution in [2.45, 2.75) is 38.5 Å². The Hall–Kier alpha value is -1.10. The summed E-state index contributed by atoms with van der Waals surface area (Å²) in [7, 11) is 1.67. The fourth-order valence-corrected chi connectivity index (χ4v) is 2.77. The zero-order valence-electron chi connectivity index (χ0n) is 12.1. The van der Waals surface area contributed by atoms with Crippen LogP contribution in [0.15, 0.2) is 24.3 Å². The summed E-state index contributed by atoms with van der Waals surface area (Å²) < 4.78 is 5.11. The molecule has 1 amide bonds. The summed E-state index contributed by atoms with van der Waals surface area (Å²) in [6.45, 7) is 4.58. The minimum atomic E-state index is -0.177. The van der Waals surface area contributed by atoms with Crippen molar-refractivity contribution in [3.63, 3.8) is 0 Å². The molecule has 1 fully saturated rings. The van der Waals surface area contributed by atoms with Gasteiger partial charge in [0.2, 0.25) is 5.91 Å². The molecule has 0 aromatic heterocycles. The zero-order chi connectivity index (χ0) is 14.7. The Morgan fingerprint density at radius 1 is 1.50 bits per heavy atom. The number of benzene rings is 1. The number of hydrogen-bond acceptors (Lipinski definition) is 3. The van der Waals surface area contributed by atoms with Crippen LogP contribution in [0.4, 0.5) is 0 Å². The highest BCUT2D eigenvalue weighted by Crippen LogP contribution is 2.29. The number of amides is 1. The molecule has 1 aromatic rings. The summed E-state index contributed by atoms with van der Waals surface area (Å²) in [6, 6.07) is 7.58. The molecule has 2 rings (SSSR count). The number of hydrogen-bond donors (Lipinski definition) is 1. The van der Waals surface area contributed by atoms with E-state index in [0.29, 0.717) is 11.6 Å². The van der Waals surface area contributed by atoms with Crippen LogP contribution in [-0.2, 0) is 9.53 Å². The smallest absolute Gasteiger partial charge is 0.241 e. The molecule has 1 aromatic carbocycles. The van der Waals surface area contributed by atoms with Gasteiger partial charge in [0.15, 0.2) is 0 Å². The Labute approximate surface area is 125 Å². The van der Waals surface area contributed by atoms with Crippen molar-refractivity contribution in [1.82, 2.24) is 10.2 Å². The minimum Gasteiger partial charge on any atom is -0.385 e. The molecule has 3 atom stereocenters. The van der Waals surface area contributed by atoms with Crippen LogP contribution in [0.2, 0.25) is 5.02 Å². The summed E-state index contributed by atoms with van der Waals surface area (Å²) >= 11 is 6.06. The van der Waals surface area contributed by atoms with Crippen molar-refractivity contribution >= 4 is 17.5 Å². The van der Waals surface area contributed by atoms with Crippen LogP contribution in [0.5, 0.6) is 0 Å². The highest BCUT2D eigenvalue weighted by Gasteiger charge is 2.39. The van der Waals surface area contributed by atoms with Crippen molar-refractivity contribution in [2.75, 3.05) is 13.7 Å². The molecular formula is C15H21ClN2O2. The number of ether oxygens (including phenoxy) is 1. The van der Waals surface area contributed by atoms with Gasteiger partial charge in [-0.05, 0) is 38.0 Å². The maximum atomic E-state index is 12.4. The predicted octanol–water partition coefficient (Wildman–Crippen LogP) is 2.58. The maximum Gasteiger partial charge on any atom is 0.241 e. The number of rotatable bonds is 5. The van der Waals surface area contributed by atoms with Gasteiger partial charge in [-0.3, -0.25) is 10.1 Å². The third-order valence-electron chi connectivity index (χ3n) is 3.69. The molecule has 0 bridgehead atoms. The van der Waals surface area contributed by atoms with E-state index in [4.69, 9.17) is 16.3 Å². The van der Waals surface area contributed by atoms with Gasteiger partial charge in [0.25, 0.3) is 0 Å². The molecule has 1 N–H and O–H groups in total. The Balaban J connectivity index is 2.23. The van der Waals surface area contributed by atoms with Crippen LogP contribution in [0.25, 0.3) is 0 Å². The van der Waals surface area contributed by atoms with Crippen LogP contribution in [0.3, 0.4) is 0 Å². The molecular weight excluding hydrogens is 276 g/mol. The van der Waals surface area contributed by atoms with Crippen LogP contribution < -0.4 is 5.32 Å². The molecule has 0 spiro atoms. The lowest BCUT2D eigenvalue weighted by Gasteiger charge is -2.30. The van der Waals surface area contributed by atoms with E-state index < -0.39 is 0 Å². The van der Waals surface area contributed by atoms with Gasteiger partial charge in [-0.25, -0.2) is 0 Å². The topological polar surface area (TPSA) is 41.6 Å². The van der Waals surface area contributed by atoms with E-state index >= 15 is 0 Å². The van der Waals surface area contributed by atoms with Crippen molar-refractivity contribution in [3.8, 4) is 0 Å². The molecule has 0 radical (unpaired) electrons. The Kier molecular flexibility index (Phi) is 5.02. The first-order chi connectivity index (χ1) is 9.54. The van der Waals surface area contributed by atoms with Crippen molar-refractivity contribution in [2.24, 2.45) is 0 Å². The van der Waals surface area contributed by atoms with E-state index in [1.54, 1.807) is 7.11 Å². The number of methoxy groups -OCH3 is 1. The standard InChI is InChI=1S/C15H21ClN2O2/c1-10(7-8-20-3)18-14(17-11(2)15(18)19)12-5-4-6-13(16)9-12/h4-6,9-11,14,17H,7-8H2,1-3H3. The molecule has 3 unspecified atom stereocenters. The van der Waals surface area contributed by atoms with E-state index in [0.717, 1.165) is 12.0 Å². The lowest BCUT2D eigenvalue weighted by molar-refractivity contribution is -0.132. The van der Waals surface area contributed by atoms with Gasteiger partial charge in [-0.1, -0.05) is 23.7 Å². The first-order valence-electron chi connectivity index (χ1n) is 6.87. The fraction of sp³-hybridized carbons (Fsp3) is 0.533. The molecule has 110 valence electrons. The molecule has 0 saturated carbocycles. The average molecular weight is 297 g/mol. The van der Waals surface area contributed by atoms with Crippen LogP contribution in [0.1, 0.15) is 32.0 Å². The van der Waals surface area contributed by atoms with Crippen LogP contribution >= 0.6 is 11.6 Å². The number of carbonyl (C=O) groups excluding carboxylic acids is 1. The second kappa shape index (κ2) is 6.57. The van der Waals surface area contributed by atoms with E-state index in [2.05, 4.69) is 5.32 Å². The van der Waals surface area contributed by atoms with Crippen molar-refractivity contribution < 1.29 is 9.53 Å². The second-order valence-corrected chi connectivity index (χ2v) is 5.66. The molecule has 5 heteroatoms. The monoisotopic (exact) mass is 296 g/mol. The Bertz CT molecular complexity index is 481. The lowest BCUT2D eigenvalue weighted by atomic mass is 10.1. The average Bonchev–Trinajstić information content (AvgIpc) is 2.72. The molecule has 1 saturated heterocycles. The summed E-state index contributed by atoms with van der Waals surface area (Å²) in [6.07, 6.45) is 0.691. The minimum absolute atomic E-state index is 0.115. The summed E-state index contributed by atoms with van der Waals surface area (Å²) in [5, 5.41) is 4.01. The Morgan fingerprint density at radius 2 is 2.25 bits per heavy atom. The van der Waals surface area contributed by atoms with Crippen LogP contribution in [-0.4, -0.2) is 36.6 Å². The Morgan fingerprint density at radius 3 is 2.90 bits per heavy atom. The molecule has 4 nitrogen and oxygen atoms in total. The van der Waals surface area contributed by atoms with Gasteiger partial charge in [-0.2, -0.15) is 0 Å². The number of carbonyl (C=O) groups is 1. The lowest BCUT2D eigenvalue weighted by Crippen LogP contribution is -2.38. The second-order valence-electron chi connectivity index (χ2n) is 5.22. The van der Waals surface area contributed by atoms with Gasteiger partial charge >= 0.3 is 0 Å². The number of nitrogens with zero attached hydrogens (tertiary/aromatic N) is 1. The van der Waals surface area contributed by atoms with Gasteiger partial charge in [0, 0.05) is 24.8 Å². The van der Waals surface area contributed by atoms with Gasteiger partial charge in [0.05, 0.1) is 6.04 Å². The first-order valence-corrected chi connectivity index (χ1v) is 7.25. The molecule has 0 aliphatic carbocycles. The summed E-state index contributed by atoms with van der Waals surface area (Å²) in [5.41, 5.74) is 1.01. The van der Waals surface area contributed by atoms with E-state index in [1.165, 1.54) is 0 Å². The molecule has 20 heavy (non-hydrogen) atoms. The third-order valence-corrected chi connectivity index (χ3v) is 3.93. The highest BCUT2D eigenvalue weighted by atomic mass is 35.5. The normalized spacial score (nSPS) is 24.2. The summed E-state index contributed by atoms with van der Waals surface area (Å²) in [4.78, 5) is 14.3. The van der Waals surface area contributed by atoms with Gasteiger partial charge < -0.3 is 9.64 Å². The molecule has 1 heterocycles. The SMILES string of the molecule is COCCC(C)N1C(=O)C(C)NC1c1cccc(Cl)c1. The van der Waals surface area contributed by atoms with Crippen molar-refractivity contribution in [1.29, 1.82) is 0 Å². The number of nitrogens with one attached hydrogen (secondary N) is 1. The fourth-order valence-electron chi connectivity index (χ4n) is 2.57. The van der Waals surface area contributed by atoms with Gasteiger partial charge in [-0.15, -0.1) is 0 Å². The predicted molar refractivity (Wildman–Crippen MR) is 79.6 cm³/mol.